The van der Waals surface area contributed by atoms with Crippen LogP contribution in [-0.2, 0) is 29.5 Å². The van der Waals surface area contributed by atoms with Crippen LogP contribution < -0.4 is 0 Å². The quantitative estimate of drug-likeness (QED) is 0.181. The number of ether oxygens (including phenoxy) is 1. The zero-order chi connectivity index (χ0) is 36.1. The second-order valence-corrected chi connectivity index (χ2v) is 14.4. The highest BCUT2D eigenvalue weighted by atomic mass is 35.5. The Kier molecular flexibility index (Phi) is 9.53. The van der Waals surface area contributed by atoms with Crippen molar-refractivity contribution in [3.63, 3.8) is 0 Å². The second-order valence-electron chi connectivity index (χ2n) is 14.0. The van der Waals surface area contributed by atoms with Crippen molar-refractivity contribution in [1.29, 1.82) is 0 Å². The summed E-state index contributed by atoms with van der Waals surface area (Å²) in [6.07, 6.45) is 0.661. The van der Waals surface area contributed by atoms with E-state index in [0.29, 0.717) is 73.3 Å². The third-order valence-corrected chi connectivity index (χ3v) is 9.82. The van der Waals surface area contributed by atoms with Gasteiger partial charge in [-0.25, -0.2) is 14.6 Å². The van der Waals surface area contributed by atoms with Crippen LogP contribution in [0.3, 0.4) is 0 Å². The molecule has 13 heteroatoms. The smallest absolute Gasteiger partial charge is 0.355 e. The first-order valence-electron chi connectivity index (χ1n) is 16.9. The maximum absolute atomic E-state index is 13.8. The zero-order valence-electron chi connectivity index (χ0n) is 29.7. The van der Waals surface area contributed by atoms with Crippen molar-refractivity contribution in [1.82, 2.24) is 34.1 Å². The average Bonchev–Trinajstić information content (AvgIpc) is 3.68. The van der Waals surface area contributed by atoms with E-state index in [1.165, 1.54) is 6.07 Å². The van der Waals surface area contributed by atoms with Crippen LogP contribution in [0.5, 0.6) is 0 Å². The van der Waals surface area contributed by atoms with E-state index < -0.39 is 11.6 Å². The fraction of sp³-hybridized carbons (Fsp3) is 0.432. The second kappa shape index (κ2) is 13.6. The molecule has 0 aliphatic carbocycles. The molecule has 1 saturated heterocycles. The Balaban J connectivity index is 1.20. The van der Waals surface area contributed by atoms with Gasteiger partial charge < -0.3 is 24.3 Å². The van der Waals surface area contributed by atoms with Crippen LogP contribution in [0.4, 0.5) is 0 Å². The highest BCUT2D eigenvalue weighted by molar-refractivity contribution is 6.35. The Bertz CT molecular complexity index is 2130. The van der Waals surface area contributed by atoms with Gasteiger partial charge in [-0.3, -0.25) is 14.4 Å². The van der Waals surface area contributed by atoms with Crippen LogP contribution >= 0.6 is 11.6 Å². The summed E-state index contributed by atoms with van der Waals surface area (Å²) < 4.78 is 9.83. The van der Waals surface area contributed by atoms with Crippen LogP contribution in [0, 0.1) is 20.8 Å². The molecule has 0 spiro atoms. The van der Waals surface area contributed by atoms with E-state index in [1.807, 2.05) is 70.3 Å². The molecule has 0 radical (unpaired) electrons. The first kappa shape index (κ1) is 35.2. The molecule has 2 aromatic carbocycles. The number of fused-ring (bicyclic) bond motifs is 2. The normalized spacial score (nSPS) is 14.2. The van der Waals surface area contributed by atoms with Gasteiger partial charge in [0.2, 0.25) is 5.91 Å². The number of hydrogen-bond donors (Lipinski definition) is 2. The largest absolute Gasteiger partial charge is 0.478 e. The van der Waals surface area contributed by atoms with Crippen LogP contribution in [0.15, 0.2) is 30.3 Å². The molecule has 0 unspecified atom stereocenters. The van der Waals surface area contributed by atoms with Gasteiger partial charge in [0.05, 0.1) is 27.3 Å². The number of carboxylic acids is 1. The number of hydrogen-bond acceptors (Lipinski definition) is 7. The SMILES string of the molecule is Cc1nn(C)c(C)c1-c1c(Cl)ccc2c(C)c(C(=O)OC(C)(C)C)n(CCN3CCN(C(=O)CCc4nc5c(C(=O)O)cccc5[nH]4)CC3)c12. The van der Waals surface area contributed by atoms with Gasteiger partial charge >= 0.3 is 11.9 Å². The number of nitrogens with zero attached hydrogens (tertiary/aromatic N) is 6. The van der Waals surface area contributed by atoms with Crippen molar-refractivity contribution in [2.75, 3.05) is 32.7 Å². The summed E-state index contributed by atoms with van der Waals surface area (Å²) >= 11 is 6.97. The van der Waals surface area contributed by atoms with E-state index >= 15 is 0 Å². The zero-order valence-corrected chi connectivity index (χ0v) is 30.4. The predicted molar refractivity (Wildman–Crippen MR) is 193 cm³/mol. The van der Waals surface area contributed by atoms with Crippen molar-refractivity contribution >= 4 is 51.4 Å². The number of aromatic amines is 1. The van der Waals surface area contributed by atoms with Gasteiger partial charge in [-0.15, -0.1) is 0 Å². The topological polar surface area (TPSA) is 139 Å². The number of piperazine rings is 1. The predicted octanol–water partition coefficient (Wildman–Crippen LogP) is 5.93. The minimum absolute atomic E-state index is 0.0318. The third-order valence-electron chi connectivity index (χ3n) is 9.51. The lowest BCUT2D eigenvalue weighted by Crippen LogP contribution is -2.49. The summed E-state index contributed by atoms with van der Waals surface area (Å²) in [6, 6.07) is 8.84. The van der Waals surface area contributed by atoms with Gasteiger partial charge in [-0.05, 0) is 65.3 Å². The molecule has 264 valence electrons. The van der Waals surface area contributed by atoms with Crippen LogP contribution in [-0.4, -0.2) is 95.4 Å². The molecule has 1 amide bonds. The Morgan fingerprint density at radius 2 is 1.72 bits per heavy atom. The number of aryl methyl sites for hydroxylation is 4. The Hall–Kier alpha value is -4.68. The number of rotatable bonds is 9. The average molecular weight is 702 g/mol. The molecule has 6 rings (SSSR count). The number of H-pyrrole nitrogens is 1. The molecule has 1 aliphatic rings. The van der Waals surface area contributed by atoms with E-state index in [2.05, 4.69) is 24.5 Å². The van der Waals surface area contributed by atoms with Gasteiger partial charge in [-0.1, -0.05) is 23.7 Å². The molecule has 2 N–H and O–H groups in total. The number of imidazole rings is 1. The number of benzene rings is 2. The number of nitrogens with one attached hydrogen (secondary N) is 1. The molecule has 1 fully saturated rings. The lowest BCUT2D eigenvalue weighted by Gasteiger charge is -2.35. The Morgan fingerprint density at radius 3 is 2.36 bits per heavy atom. The summed E-state index contributed by atoms with van der Waals surface area (Å²) in [4.78, 5) is 50.3. The summed E-state index contributed by atoms with van der Waals surface area (Å²) in [6.45, 7) is 15.3. The van der Waals surface area contributed by atoms with Crippen LogP contribution in [0.25, 0.3) is 33.1 Å². The van der Waals surface area contributed by atoms with Crippen molar-refractivity contribution in [2.24, 2.45) is 7.05 Å². The van der Waals surface area contributed by atoms with Crippen molar-refractivity contribution in [2.45, 2.75) is 66.5 Å². The standard InChI is InChI=1S/C37H44ClN7O5/c1-21-24-11-12-26(38)31(30-22(2)41-42(7)23(30)3)34(24)45(33(21)36(49)50-37(4,5)6)20-17-43-15-18-44(19-16-43)29(46)14-13-28-39-27-10-8-9-25(35(47)48)32(27)40-28/h8-12H,13-20H2,1-7H3,(H,39,40)(H,47,48). The molecule has 0 bridgehead atoms. The third kappa shape index (κ3) is 6.74. The van der Waals surface area contributed by atoms with Crippen molar-refractivity contribution in [3.8, 4) is 11.1 Å². The van der Waals surface area contributed by atoms with E-state index in [-0.39, 0.29) is 23.9 Å². The van der Waals surface area contributed by atoms with E-state index in [4.69, 9.17) is 16.3 Å². The summed E-state index contributed by atoms with van der Waals surface area (Å²) in [7, 11) is 1.91. The highest BCUT2D eigenvalue weighted by Gasteiger charge is 2.30. The first-order chi connectivity index (χ1) is 23.6. The molecule has 0 atom stereocenters. The molecule has 4 heterocycles. The van der Waals surface area contributed by atoms with Crippen LogP contribution in [0.2, 0.25) is 5.02 Å². The molecule has 50 heavy (non-hydrogen) atoms. The Morgan fingerprint density at radius 1 is 1.00 bits per heavy atom. The van der Waals surface area contributed by atoms with Gasteiger partial charge in [-0.2, -0.15) is 5.10 Å². The lowest BCUT2D eigenvalue weighted by atomic mass is 10.00. The van der Waals surface area contributed by atoms with Gasteiger partial charge in [0.25, 0.3) is 0 Å². The fourth-order valence-corrected chi connectivity index (χ4v) is 7.24. The number of amides is 1. The monoisotopic (exact) mass is 701 g/mol. The molecule has 1 aliphatic heterocycles. The molecule has 5 aromatic rings. The van der Waals surface area contributed by atoms with Crippen molar-refractivity contribution in [3.05, 3.63) is 69.4 Å². The van der Waals surface area contributed by atoms with E-state index in [9.17, 15) is 19.5 Å². The molecule has 0 saturated carbocycles. The van der Waals surface area contributed by atoms with E-state index in [1.54, 1.807) is 12.1 Å². The van der Waals surface area contributed by atoms with Gasteiger partial charge in [0, 0.05) is 81.4 Å². The minimum atomic E-state index is -1.04. The summed E-state index contributed by atoms with van der Waals surface area (Å²) in [5.41, 5.74) is 6.37. The summed E-state index contributed by atoms with van der Waals surface area (Å²) in [5, 5.41) is 15.7. The van der Waals surface area contributed by atoms with Crippen LogP contribution in [0.1, 0.15) is 70.8 Å². The number of aromatic carboxylic acids is 1. The minimum Gasteiger partial charge on any atom is -0.478 e. The fourth-order valence-electron chi connectivity index (χ4n) is 7.00. The summed E-state index contributed by atoms with van der Waals surface area (Å²) in [5.74, 6) is -0.796. The number of aromatic nitrogens is 5. The number of carbonyl (C=O) groups excluding carboxylic acids is 2. The maximum Gasteiger partial charge on any atom is 0.355 e. The number of carboxylic acid groups (broad SMARTS) is 1. The number of para-hydroxylation sites is 1. The Labute approximate surface area is 296 Å². The lowest BCUT2D eigenvalue weighted by molar-refractivity contribution is -0.132. The van der Waals surface area contributed by atoms with Gasteiger partial charge in [0.15, 0.2) is 0 Å². The molecule has 3 aromatic heterocycles. The molecular formula is C37H44ClN7O5. The molecule has 12 nitrogen and oxygen atoms in total. The van der Waals surface area contributed by atoms with E-state index in [0.717, 1.165) is 39.0 Å². The van der Waals surface area contributed by atoms with Gasteiger partial charge in [0.1, 0.15) is 22.6 Å². The molecular weight excluding hydrogens is 658 g/mol. The van der Waals surface area contributed by atoms with Crippen molar-refractivity contribution < 1.29 is 24.2 Å². The maximum atomic E-state index is 13.8. The number of esters is 1. The highest BCUT2D eigenvalue weighted by Crippen LogP contribution is 2.41. The number of halogens is 1. The number of carbonyl (C=O) groups is 3. The first-order valence-corrected chi connectivity index (χ1v) is 17.3.